The Morgan fingerprint density at radius 3 is 1.59 bits per heavy atom. The van der Waals surface area contributed by atoms with Crippen LogP contribution in [0.15, 0.2) is 0 Å². The highest BCUT2D eigenvalue weighted by Gasteiger charge is 1.98. The number of carbonyl (C=O) groups is 1. The van der Waals surface area contributed by atoms with Gasteiger partial charge in [0.2, 0.25) is 0 Å². The van der Waals surface area contributed by atoms with Crippen LogP contribution in [0.1, 0.15) is 90.9 Å². The van der Waals surface area contributed by atoms with Crippen molar-refractivity contribution in [2.75, 3.05) is 13.7 Å². The first kappa shape index (κ1) is 23.7. The molecule has 0 bridgehead atoms. The fourth-order valence-electron chi connectivity index (χ4n) is 2.04. The summed E-state index contributed by atoms with van der Waals surface area (Å²) in [5.74, 6) is -0.0686. The Kier molecular flexibility index (Phi) is 21.9. The average molecular weight is 318 g/mol. The van der Waals surface area contributed by atoms with Gasteiger partial charge >= 0.3 is 5.97 Å². The van der Waals surface area contributed by atoms with Gasteiger partial charge in [-0.15, -0.1) is 0 Å². The molecule has 0 heterocycles. The Labute approximate surface area is 137 Å². The molecule has 0 rings (SSSR count). The van der Waals surface area contributed by atoms with Crippen molar-refractivity contribution in [1.29, 1.82) is 0 Å². The molecule has 0 amide bonds. The van der Waals surface area contributed by atoms with Crippen molar-refractivity contribution in [3.63, 3.8) is 0 Å². The van der Waals surface area contributed by atoms with E-state index in [1.165, 1.54) is 78.2 Å². The van der Waals surface area contributed by atoms with Crippen LogP contribution >= 0.6 is 0 Å². The molecule has 0 aromatic carbocycles. The van der Waals surface area contributed by atoms with Crippen LogP contribution < -0.4 is 0 Å². The molecule has 134 valence electrons. The number of rotatable bonds is 13. The SMILES string of the molecule is CC(O)CO.CCCCCCCCCCCCCC(=O)OC. The van der Waals surface area contributed by atoms with Crippen LogP contribution in [0, 0.1) is 0 Å². The molecule has 0 fully saturated rings. The fourth-order valence-corrected chi connectivity index (χ4v) is 2.04. The van der Waals surface area contributed by atoms with Crippen LogP contribution in [0.3, 0.4) is 0 Å². The molecule has 0 radical (unpaired) electrons. The van der Waals surface area contributed by atoms with Crippen molar-refractivity contribution in [3.8, 4) is 0 Å². The molecule has 0 saturated heterocycles. The summed E-state index contributed by atoms with van der Waals surface area (Å²) >= 11 is 0. The number of aliphatic hydroxyl groups excluding tert-OH is 2. The number of aliphatic hydroxyl groups is 2. The molecule has 0 aliphatic heterocycles. The third kappa shape index (κ3) is 24.4. The van der Waals surface area contributed by atoms with Crippen molar-refractivity contribution < 1.29 is 19.7 Å². The first-order valence-electron chi connectivity index (χ1n) is 8.94. The summed E-state index contributed by atoms with van der Waals surface area (Å²) in [5, 5.41) is 16.0. The monoisotopic (exact) mass is 318 g/mol. The maximum atomic E-state index is 10.8. The predicted octanol–water partition coefficient (Wildman–Crippen LogP) is 4.22. The van der Waals surface area contributed by atoms with Gasteiger partial charge in [-0.3, -0.25) is 4.79 Å². The zero-order valence-electron chi connectivity index (χ0n) is 15.0. The second-order valence-electron chi connectivity index (χ2n) is 5.89. The standard InChI is InChI=1S/C15H30O2.C3H8O2/c1-3-4-5-6-7-8-9-10-11-12-13-14-15(16)17-2;1-3(5)2-4/h3-14H2,1-2H3;3-5H,2H2,1H3. The van der Waals surface area contributed by atoms with E-state index < -0.39 is 6.10 Å². The van der Waals surface area contributed by atoms with E-state index in [4.69, 9.17) is 10.2 Å². The van der Waals surface area contributed by atoms with E-state index in [0.29, 0.717) is 6.42 Å². The minimum atomic E-state index is -0.560. The van der Waals surface area contributed by atoms with E-state index in [-0.39, 0.29) is 12.6 Å². The van der Waals surface area contributed by atoms with Crippen LogP contribution in [0.2, 0.25) is 0 Å². The normalized spacial score (nSPS) is 11.5. The van der Waals surface area contributed by atoms with Crippen LogP contribution in [-0.2, 0) is 9.53 Å². The van der Waals surface area contributed by atoms with Gasteiger partial charge in [0, 0.05) is 6.42 Å². The molecule has 0 saturated carbocycles. The second kappa shape index (κ2) is 20.4. The first-order valence-corrected chi connectivity index (χ1v) is 8.94. The quantitative estimate of drug-likeness (QED) is 0.394. The van der Waals surface area contributed by atoms with E-state index in [1.54, 1.807) is 0 Å². The van der Waals surface area contributed by atoms with E-state index in [9.17, 15) is 4.79 Å². The van der Waals surface area contributed by atoms with Gasteiger partial charge in [0.15, 0.2) is 0 Å². The van der Waals surface area contributed by atoms with Crippen molar-refractivity contribution in [1.82, 2.24) is 0 Å². The van der Waals surface area contributed by atoms with Crippen molar-refractivity contribution in [3.05, 3.63) is 0 Å². The Bertz CT molecular complexity index is 217. The molecule has 0 spiro atoms. The molecule has 22 heavy (non-hydrogen) atoms. The molecule has 0 aliphatic carbocycles. The van der Waals surface area contributed by atoms with Crippen molar-refractivity contribution in [2.45, 2.75) is 97.0 Å². The zero-order chi connectivity index (χ0) is 17.1. The largest absolute Gasteiger partial charge is 0.469 e. The van der Waals surface area contributed by atoms with E-state index in [1.807, 2.05) is 0 Å². The van der Waals surface area contributed by atoms with Crippen LogP contribution in [-0.4, -0.2) is 36.0 Å². The smallest absolute Gasteiger partial charge is 0.305 e. The lowest BCUT2D eigenvalue weighted by Gasteiger charge is -2.02. The molecule has 2 N–H and O–H groups in total. The second-order valence-corrected chi connectivity index (χ2v) is 5.89. The topological polar surface area (TPSA) is 66.8 Å². The lowest BCUT2D eigenvalue weighted by Crippen LogP contribution is -2.03. The summed E-state index contributed by atoms with van der Waals surface area (Å²) in [4.78, 5) is 10.8. The molecule has 0 aromatic rings. The fraction of sp³-hybridized carbons (Fsp3) is 0.944. The molecule has 0 aromatic heterocycles. The summed E-state index contributed by atoms with van der Waals surface area (Å²) < 4.78 is 4.60. The maximum absolute atomic E-state index is 10.8. The molecule has 1 unspecified atom stereocenters. The minimum absolute atomic E-state index is 0.0686. The first-order chi connectivity index (χ1) is 10.6. The highest BCUT2D eigenvalue weighted by molar-refractivity contribution is 5.68. The van der Waals surface area contributed by atoms with E-state index >= 15 is 0 Å². The number of methoxy groups -OCH3 is 1. The lowest BCUT2D eigenvalue weighted by molar-refractivity contribution is -0.140. The Balaban J connectivity index is 0. The highest BCUT2D eigenvalue weighted by Crippen LogP contribution is 2.11. The number of hydrogen-bond acceptors (Lipinski definition) is 4. The number of hydrogen-bond donors (Lipinski definition) is 2. The summed E-state index contributed by atoms with van der Waals surface area (Å²) in [6.45, 7) is 3.65. The van der Waals surface area contributed by atoms with Gasteiger partial charge in [0.05, 0.1) is 19.8 Å². The van der Waals surface area contributed by atoms with E-state index in [2.05, 4.69) is 11.7 Å². The maximum Gasteiger partial charge on any atom is 0.305 e. The van der Waals surface area contributed by atoms with Crippen molar-refractivity contribution >= 4 is 5.97 Å². The average Bonchev–Trinajstić information content (AvgIpc) is 2.52. The lowest BCUT2D eigenvalue weighted by atomic mass is 10.1. The number of unbranched alkanes of at least 4 members (excludes halogenated alkanes) is 10. The van der Waals surface area contributed by atoms with E-state index in [0.717, 1.165) is 6.42 Å². The number of ether oxygens (including phenoxy) is 1. The predicted molar refractivity (Wildman–Crippen MR) is 91.9 cm³/mol. The van der Waals surface area contributed by atoms with Gasteiger partial charge < -0.3 is 14.9 Å². The third-order valence-corrected chi connectivity index (χ3v) is 3.48. The minimum Gasteiger partial charge on any atom is -0.469 e. The van der Waals surface area contributed by atoms with Crippen LogP contribution in [0.25, 0.3) is 0 Å². The molecule has 1 atom stereocenters. The van der Waals surface area contributed by atoms with Gasteiger partial charge in [-0.05, 0) is 13.3 Å². The van der Waals surface area contributed by atoms with Crippen molar-refractivity contribution in [2.24, 2.45) is 0 Å². The highest BCUT2D eigenvalue weighted by atomic mass is 16.5. The van der Waals surface area contributed by atoms with Crippen LogP contribution in [0.5, 0.6) is 0 Å². The molecular formula is C18H38O4. The van der Waals surface area contributed by atoms with Gasteiger partial charge in [0.1, 0.15) is 0 Å². The third-order valence-electron chi connectivity index (χ3n) is 3.48. The number of esters is 1. The summed E-state index contributed by atoms with van der Waals surface area (Å²) in [6, 6.07) is 0. The molecular weight excluding hydrogens is 280 g/mol. The Hall–Kier alpha value is -0.610. The zero-order valence-corrected chi connectivity index (χ0v) is 15.0. The molecule has 4 nitrogen and oxygen atoms in total. The summed E-state index contributed by atoms with van der Waals surface area (Å²) in [5.41, 5.74) is 0. The molecule has 0 aliphatic rings. The molecule has 4 heteroatoms. The van der Waals surface area contributed by atoms with Gasteiger partial charge in [-0.1, -0.05) is 71.1 Å². The summed E-state index contributed by atoms with van der Waals surface area (Å²) in [6.07, 6.45) is 14.5. The number of carbonyl (C=O) groups excluding carboxylic acids is 1. The van der Waals surface area contributed by atoms with Gasteiger partial charge in [-0.2, -0.15) is 0 Å². The Morgan fingerprint density at radius 1 is 0.909 bits per heavy atom. The van der Waals surface area contributed by atoms with Gasteiger partial charge in [0.25, 0.3) is 0 Å². The Morgan fingerprint density at radius 2 is 1.27 bits per heavy atom. The summed E-state index contributed by atoms with van der Waals surface area (Å²) in [7, 11) is 1.46. The van der Waals surface area contributed by atoms with Gasteiger partial charge in [-0.25, -0.2) is 0 Å². The van der Waals surface area contributed by atoms with Crippen LogP contribution in [0.4, 0.5) is 0 Å².